The molecule has 1 aliphatic carbocycles. The summed E-state index contributed by atoms with van der Waals surface area (Å²) in [4.78, 5) is 19.3. The normalized spacial score (nSPS) is 21.7. The number of pyridine rings is 1. The fraction of sp³-hybridized carbons (Fsp3) is 0.440. The maximum atomic E-state index is 13.8. The summed E-state index contributed by atoms with van der Waals surface area (Å²) in [5.41, 5.74) is 0.209. The quantitative estimate of drug-likeness (QED) is 0.561. The van der Waals surface area contributed by atoms with Gasteiger partial charge in [-0.1, -0.05) is 6.92 Å². The van der Waals surface area contributed by atoms with E-state index in [2.05, 4.69) is 27.4 Å². The minimum Gasteiger partial charge on any atom is -0.370 e. The van der Waals surface area contributed by atoms with Crippen LogP contribution in [0, 0.1) is 12.8 Å². The van der Waals surface area contributed by atoms with Gasteiger partial charge in [0.1, 0.15) is 23.8 Å². The van der Waals surface area contributed by atoms with Gasteiger partial charge in [0.2, 0.25) is 0 Å². The van der Waals surface area contributed by atoms with E-state index in [1.807, 2.05) is 30.7 Å². The predicted octanol–water partition coefficient (Wildman–Crippen LogP) is 4.85. The fourth-order valence-electron chi connectivity index (χ4n) is 5.59. The van der Waals surface area contributed by atoms with Crippen molar-refractivity contribution in [1.29, 1.82) is 0 Å². The smallest absolute Gasteiger partial charge is 0.370 e. The Morgan fingerprint density at radius 1 is 1.20 bits per heavy atom. The lowest BCUT2D eigenvalue weighted by molar-refractivity contribution is -0.138. The van der Waals surface area contributed by atoms with E-state index in [1.54, 1.807) is 13.3 Å². The Morgan fingerprint density at radius 2 is 1.94 bits per heavy atom. The van der Waals surface area contributed by atoms with Gasteiger partial charge in [-0.15, -0.1) is 10.2 Å². The number of amides is 1. The number of nitrogens with one attached hydrogen (secondary N) is 1. The van der Waals surface area contributed by atoms with Crippen LogP contribution in [0.3, 0.4) is 0 Å². The van der Waals surface area contributed by atoms with Gasteiger partial charge >= 0.3 is 6.18 Å². The second-order valence-electron chi connectivity index (χ2n) is 9.72. The molecule has 2 aromatic heterocycles. The number of alkyl halides is 3. The van der Waals surface area contributed by atoms with Crippen molar-refractivity contribution in [2.75, 3.05) is 16.8 Å². The summed E-state index contributed by atoms with van der Waals surface area (Å²) in [7, 11) is 1.90. The highest BCUT2D eigenvalue weighted by Gasteiger charge is 2.49. The van der Waals surface area contributed by atoms with E-state index in [4.69, 9.17) is 0 Å². The number of rotatable bonds is 5. The summed E-state index contributed by atoms with van der Waals surface area (Å²) in [6.07, 6.45) is -1.19. The third-order valence-electron chi connectivity index (χ3n) is 7.02. The molecule has 5 rings (SSSR count). The molecule has 10 heteroatoms. The largest absolute Gasteiger partial charge is 0.416 e. The molecule has 0 atom stereocenters. The standard InChI is InChI=1S/C25H27F3N6O/c1-5-29-20-8-16(24(10-15(3)11-24)23-32-30-13-33(23)4)9-21(31-20)34-12-18-17(22(34)35)6-14(2)7-19(18)25(26,27)28/h6-9,13,15H,5,10-12H2,1-4H3,(H,29,31). The molecule has 35 heavy (non-hydrogen) atoms. The molecule has 0 saturated heterocycles. The van der Waals surface area contributed by atoms with Gasteiger partial charge in [0.15, 0.2) is 0 Å². The highest BCUT2D eigenvalue weighted by atomic mass is 19.4. The minimum absolute atomic E-state index is 0.00872. The Labute approximate surface area is 201 Å². The zero-order chi connectivity index (χ0) is 25.1. The van der Waals surface area contributed by atoms with Gasteiger partial charge in [-0.3, -0.25) is 9.69 Å². The van der Waals surface area contributed by atoms with Gasteiger partial charge in [-0.05, 0) is 73.6 Å². The zero-order valence-electron chi connectivity index (χ0n) is 20.1. The predicted molar refractivity (Wildman–Crippen MR) is 125 cm³/mol. The average Bonchev–Trinajstić information content (AvgIpc) is 3.33. The maximum Gasteiger partial charge on any atom is 0.416 e. The molecule has 1 fully saturated rings. The SMILES string of the molecule is CCNc1cc(C2(c3nncn3C)CC(C)C2)cc(N2Cc3c(cc(C)cc3C(F)(F)F)C2=O)n1. The number of hydrogen-bond donors (Lipinski definition) is 1. The molecule has 1 amide bonds. The number of hydrogen-bond acceptors (Lipinski definition) is 5. The number of carbonyl (C=O) groups excluding carboxylic acids is 1. The van der Waals surface area contributed by atoms with E-state index >= 15 is 0 Å². The van der Waals surface area contributed by atoms with Crippen LogP contribution in [-0.2, 0) is 25.2 Å². The molecule has 1 N–H and O–H groups in total. The highest BCUT2D eigenvalue weighted by molar-refractivity contribution is 6.10. The lowest BCUT2D eigenvalue weighted by Crippen LogP contribution is -2.43. The number of aryl methyl sites for hydroxylation is 2. The van der Waals surface area contributed by atoms with Crippen molar-refractivity contribution in [3.63, 3.8) is 0 Å². The van der Waals surface area contributed by atoms with Gasteiger partial charge in [0, 0.05) is 19.2 Å². The lowest BCUT2D eigenvalue weighted by atomic mass is 9.58. The summed E-state index contributed by atoms with van der Waals surface area (Å²) in [5, 5.41) is 11.7. The first-order valence-electron chi connectivity index (χ1n) is 11.7. The van der Waals surface area contributed by atoms with Gasteiger partial charge in [-0.2, -0.15) is 13.2 Å². The number of benzene rings is 1. The molecule has 3 aromatic rings. The van der Waals surface area contributed by atoms with Crippen molar-refractivity contribution in [2.24, 2.45) is 13.0 Å². The first-order valence-corrected chi connectivity index (χ1v) is 11.7. The third-order valence-corrected chi connectivity index (χ3v) is 7.02. The van der Waals surface area contributed by atoms with Crippen LogP contribution in [0.2, 0.25) is 0 Å². The van der Waals surface area contributed by atoms with Crippen LogP contribution >= 0.6 is 0 Å². The van der Waals surface area contributed by atoms with Crippen LogP contribution in [0.1, 0.15) is 65.1 Å². The number of nitrogens with zero attached hydrogens (tertiary/aromatic N) is 5. The molecule has 7 nitrogen and oxygen atoms in total. The summed E-state index contributed by atoms with van der Waals surface area (Å²) in [6.45, 7) is 6.10. The van der Waals surface area contributed by atoms with E-state index in [9.17, 15) is 18.0 Å². The van der Waals surface area contributed by atoms with Crippen LogP contribution in [-0.4, -0.2) is 32.2 Å². The van der Waals surface area contributed by atoms with Crippen molar-refractivity contribution >= 4 is 17.5 Å². The Hall–Kier alpha value is -3.43. The van der Waals surface area contributed by atoms with Gasteiger partial charge < -0.3 is 9.88 Å². The van der Waals surface area contributed by atoms with Gasteiger partial charge in [-0.25, -0.2) is 4.98 Å². The zero-order valence-corrected chi connectivity index (χ0v) is 20.1. The van der Waals surface area contributed by atoms with Gasteiger partial charge in [0.05, 0.1) is 17.5 Å². The molecule has 3 heterocycles. The summed E-state index contributed by atoms with van der Waals surface area (Å²) in [5.74, 6) is 1.71. The van der Waals surface area contributed by atoms with E-state index in [0.29, 0.717) is 29.7 Å². The molecule has 1 aliphatic heterocycles. The van der Waals surface area contributed by atoms with Crippen molar-refractivity contribution in [3.8, 4) is 0 Å². The number of halogens is 3. The summed E-state index contributed by atoms with van der Waals surface area (Å²) >= 11 is 0. The Balaban J connectivity index is 1.62. The number of carbonyl (C=O) groups is 1. The molecule has 184 valence electrons. The van der Waals surface area contributed by atoms with E-state index in [1.165, 1.54) is 11.0 Å². The molecular formula is C25H27F3N6O. The second-order valence-corrected chi connectivity index (χ2v) is 9.72. The Bertz CT molecular complexity index is 1310. The minimum atomic E-state index is -4.55. The van der Waals surface area contributed by atoms with Crippen LogP contribution in [0.5, 0.6) is 0 Å². The molecule has 0 spiro atoms. The first kappa shape index (κ1) is 23.3. The van der Waals surface area contributed by atoms with Crippen LogP contribution in [0.25, 0.3) is 0 Å². The first-order chi connectivity index (χ1) is 16.5. The molecule has 0 unspecified atom stereocenters. The molecule has 1 aromatic carbocycles. The van der Waals surface area contributed by atoms with E-state index in [0.717, 1.165) is 30.3 Å². The Morgan fingerprint density at radius 3 is 2.54 bits per heavy atom. The Kier molecular flexibility index (Phi) is 5.37. The molecular weight excluding hydrogens is 457 g/mol. The maximum absolute atomic E-state index is 13.8. The van der Waals surface area contributed by atoms with E-state index in [-0.39, 0.29) is 17.7 Å². The summed E-state index contributed by atoms with van der Waals surface area (Å²) in [6, 6.07) is 6.40. The molecule has 0 bridgehead atoms. The molecule has 0 radical (unpaired) electrons. The second kappa shape index (κ2) is 8.07. The van der Waals surface area contributed by atoms with Crippen molar-refractivity contribution in [3.05, 3.63) is 64.2 Å². The number of fused-ring (bicyclic) bond motifs is 1. The summed E-state index contributed by atoms with van der Waals surface area (Å²) < 4.78 is 43.2. The molecule has 1 saturated carbocycles. The van der Waals surface area contributed by atoms with Crippen molar-refractivity contribution in [1.82, 2.24) is 19.7 Å². The average molecular weight is 485 g/mol. The van der Waals surface area contributed by atoms with Crippen molar-refractivity contribution in [2.45, 2.75) is 51.7 Å². The highest BCUT2D eigenvalue weighted by Crippen LogP contribution is 2.52. The van der Waals surface area contributed by atoms with Crippen LogP contribution in [0.15, 0.2) is 30.6 Å². The van der Waals surface area contributed by atoms with Gasteiger partial charge in [0.25, 0.3) is 5.91 Å². The number of aromatic nitrogens is 4. The topological polar surface area (TPSA) is 75.9 Å². The molecule has 2 aliphatic rings. The lowest BCUT2D eigenvalue weighted by Gasteiger charge is -2.46. The fourth-order valence-corrected chi connectivity index (χ4v) is 5.59. The van der Waals surface area contributed by atoms with Crippen LogP contribution < -0.4 is 10.2 Å². The third kappa shape index (κ3) is 3.75. The number of anilines is 2. The van der Waals surface area contributed by atoms with E-state index < -0.39 is 23.1 Å². The monoisotopic (exact) mass is 484 g/mol. The van der Waals surface area contributed by atoms with Crippen LogP contribution in [0.4, 0.5) is 24.8 Å². The van der Waals surface area contributed by atoms with Crippen molar-refractivity contribution < 1.29 is 18.0 Å².